The van der Waals surface area contributed by atoms with Crippen LogP contribution < -0.4 is 10.2 Å². The van der Waals surface area contributed by atoms with Crippen molar-refractivity contribution in [1.29, 1.82) is 0 Å². The van der Waals surface area contributed by atoms with Crippen molar-refractivity contribution in [3.05, 3.63) is 29.8 Å². The van der Waals surface area contributed by atoms with Crippen LogP contribution in [0.15, 0.2) is 24.3 Å². The van der Waals surface area contributed by atoms with E-state index in [0.29, 0.717) is 5.56 Å². The molecule has 0 aliphatic rings. The Morgan fingerprint density at radius 3 is 2.28 bits per heavy atom. The maximum absolute atomic E-state index is 11.9. The molecule has 0 saturated carbocycles. The Hall–Kier alpha value is -1.84. The van der Waals surface area contributed by atoms with E-state index in [1.54, 1.807) is 39.0 Å². The SMILES string of the molecule is CN(C)c1cccc(C(=O)NC(=O)C(C)(C)C)c1. The third-order valence-electron chi connectivity index (χ3n) is 2.53. The molecule has 4 heteroatoms. The largest absolute Gasteiger partial charge is 0.378 e. The van der Waals surface area contributed by atoms with Crippen molar-refractivity contribution in [3.63, 3.8) is 0 Å². The van der Waals surface area contributed by atoms with Gasteiger partial charge in [-0.1, -0.05) is 26.8 Å². The number of nitrogens with one attached hydrogen (secondary N) is 1. The van der Waals surface area contributed by atoms with Crippen LogP contribution in [0.3, 0.4) is 0 Å². The van der Waals surface area contributed by atoms with Gasteiger partial charge in [-0.25, -0.2) is 0 Å². The number of hydrogen-bond acceptors (Lipinski definition) is 3. The van der Waals surface area contributed by atoms with Gasteiger partial charge in [-0.3, -0.25) is 14.9 Å². The molecule has 0 atom stereocenters. The molecule has 0 spiro atoms. The van der Waals surface area contributed by atoms with Gasteiger partial charge in [0.2, 0.25) is 5.91 Å². The summed E-state index contributed by atoms with van der Waals surface area (Å²) in [6, 6.07) is 7.15. The van der Waals surface area contributed by atoms with Crippen molar-refractivity contribution in [2.45, 2.75) is 20.8 Å². The van der Waals surface area contributed by atoms with Crippen LogP contribution in [0.5, 0.6) is 0 Å². The summed E-state index contributed by atoms with van der Waals surface area (Å²) in [6.07, 6.45) is 0. The van der Waals surface area contributed by atoms with Crippen molar-refractivity contribution in [2.75, 3.05) is 19.0 Å². The second-order valence-corrected chi connectivity index (χ2v) is 5.48. The molecular formula is C14H20N2O2. The standard InChI is InChI=1S/C14H20N2O2/c1-14(2,3)13(18)15-12(17)10-7-6-8-11(9-10)16(4)5/h6-9H,1-5H3,(H,15,17,18). The smallest absolute Gasteiger partial charge is 0.257 e. The van der Waals surface area contributed by atoms with Gasteiger partial charge < -0.3 is 4.90 Å². The molecule has 1 aromatic rings. The Labute approximate surface area is 108 Å². The van der Waals surface area contributed by atoms with Crippen molar-refractivity contribution >= 4 is 17.5 Å². The van der Waals surface area contributed by atoms with Gasteiger partial charge in [0.25, 0.3) is 5.91 Å². The summed E-state index contributed by atoms with van der Waals surface area (Å²) in [5, 5.41) is 2.41. The summed E-state index contributed by atoms with van der Waals surface area (Å²) >= 11 is 0. The van der Waals surface area contributed by atoms with E-state index in [2.05, 4.69) is 5.32 Å². The van der Waals surface area contributed by atoms with E-state index in [-0.39, 0.29) is 11.8 Å². The monoisotopic (exact) mass is 248 g/mol. The van der Waals surface area contributed by atoms with Gasteiger partial charge in [0.15, 0.2) is 0 Å². The van der Waals surface area contributed by atoms with Crippen LogP contribution in [0.2, 0.25) is 0 Å². The fourth-order valence-corrected chi connectivity index (χ4v) is 1.29. The van der Waals surface area contributed by atoms with E-state index >= 15 is 0 Å². The fraction of sp³-hybridized carbons (Fsp3) is 0.429. The Morgan fingerprint density at radius 2 is 1.78 bits per heavy atom. The van der Waals surface area contributed by atoms with Crippen LogP contribution in [-0.2, 0) is 4.79 Å². The minimum atomic E-state index is -0.575. The number of hydrogen-bond donors (Lipinski definition) is 1. The molecule has 0 unspecified atom stereocenters. The van der Waals surface area contributed by atoms with Gasteiger partial charge in [-0.05, 0) is 18.2 Å². The third kappa shape index (κ3) is 3.58. The van der Waals surface area contributed by atoms with Crippen LogP contribution in [0.25, 0.3) is 0 Å². The highest BCUT2D eigenvalue weighted by Gasteiger charge is 2.23. The lowest BCUT2D eigenvalue weighted by Gasteiger charge is -2.17. The number of nitrogens with zero attached hydrogens (tertiary/aromatic N) is 1. The lowest BCUT2D eigenvalue weighted by Crippen LogP contribution is -2.38. The minimum absolute atomic E-state index is 0.275. The molecule has 0 bridgehead atoms. The zero-order chi connectivity index (χ0) is 13.9. The quantitative estimate of drug-likeness (QED) is 0.871. The van der Waals surface area contributed by atoms with Crippen molar-refractivity contribution in [2.24, 2.45) is 5.41 Å². The highest BCUT2D eigenvalue weighted by molar-refractivity contribution is 6.06. The molecule has 0 aliphatic heterocycles. The molecule has 0 aliphatic carbocycles. The van der Waals surface area contributed by atoms with Crippen LogP contribution in [-0.4, -0.2) is 25.9 Å². The van der Waals surface area contributed by atoms with E-state index in [1.165, 1.54) is 0 Å². The molecule has 0 aromatic heterocycles. The zero-order valence-electron chi connectivity index (χ0n) is 11.6. The molecule has 2 amide bonds. The normalized spacial score (nSPS) is 10.9. The molecule has 98 valence electrons. The van der Waals surface area contributed by atoms with E-state index in [0.717, 1.165) is 5.69 Å². The number of carbonyl (C=O) groups is 2. The van der Waals surface area contributed by atoms with Gasteiger partial charge in [-0.2, -0.15) is 0 Å². The van der Waals surface area contributed by atoms with E-state index in [4.69, 9.17) is 0 Å². The summed E-state index contributed by atoms with van der Waals surface area (Å²) in [4.78, 5) is 25.6. The topological polar surface area (TPSA) is 49.4 Å². The van der Waals surface area contributed by atoms with Gasteiger partial charge in [-0.15, -0.1) is 0 Å². The van der Waals surface area contributed by atoms with E-state index in [9.17, 15) is 9.59 Å². The average molecular weight is 248 g/mol. The first kappa shape index (κ1) is 14.2. The molecule has 1 aromatic carbocycles. The minimum Gasteiger partial charge on any atom is -0.378 e. The van der Waals surface area contributed by atoms with Crippen LogP contribution >= 0.6 is 0 Å². The van der Waals surface area contributed by atoms with Crippen molar-refractivity contribution < 1.29 is 9.59 Å². The summed E-state index contributed by atoms with van der Waals surface area (Å²) in [5.41, 5.74) is 0.833. The van der Waals surface area contributed by atoms with Gasteiger partial charge in [0, 0.05) is 30.8 Å². The predicted octanol–water partition coefficient (Wildman–Crippen LogP) is 2.06. The Bertz CT molecular complexity index is 459. The molecule has 0 heterocycles. The Balaban J connectivity index is 2.85. The highest BCUT2D eigenvalue weighted by atomic mass is 16.2. The average Bonchev–Trinajstić information content (AvgIpc) is 2.27. The summed E-state index contributed by atoms with van der Waals surface area (Å²) in [7, 11) is 3.80. The predicted molar refractivity (Wildman–Crippen MR) is 72.7 cm³/mol. The number of benzene rings is 1. The molecule has 1 rings (SSSR count). The maximum Gasteiger partial charge on any atom is 0.257 e. The molecular weight excluding hydrogens is 228 g/mol. The lowest BCUT2D eigenvalue weighted by atomic mass is 9.95. The summed E-state index contributed by atoms with van der Waals surface area (Å²) in [5.74, 6) is -0.638. The van der Waals surface area contributed by atoms with Gasteiger partial charge in [0.1, 0.15) is 0 Å². The van der Waals surface area contributed by atoms with Crippen molar-refractivity contribution in [1.82, 2.24) is 5.32 Å². The lowest BCUT2D eigenvalue weighted by molar-refractivity contribution is -0.127. The number of amides is 2. The van der Waals surface area contributed by atoms with E-state index in [1.807, 2.05) is 25.1 Å². The first-order chi connectivity index (χ1) is 8.21. The number of rotatable bonds is 2. The number of imide groups is 1. The molecule has 0 saturated heterocycles. The first-order valence-corrected chi connectivity index (χ1v) is 5.85. The third-order valence-corrected chi connectivity index (χ3v) is 2.53. The van der Waals surface area contributed by atoms with Gasteiger partial charge >= 0.3 is 0 Å². The Morgan fingerprint density at radius 1 is 1.17 bits per heavy atom. The molecule has 0 fully saturated rings. The van der Waals surface area contributed by atoms with Gasteiger partial charge in [0.05, 0.1) is 0 Å². The second kappa shape index (κ2) is 5.21. The van der Waals surface area contributed by atoms with Crippen LogP contribution in [0.4, 0.5) is 5.69 Å². The maximum atomic E-state index is 11.9. The van der Waals surface area contributed by atoms with Crippen LogP contribution in [0.1, 0.15) is 31.1 Å². The second-order valence-electron chi connectivity index (χ2n) is 5.48. The molecule has 4 nitrogen and oxygen atoms in total. The molecule has 0 radical (unpaired) electrons. The summed E-state index contributed by atoms with van der Waals surface area (Å²) < 4.78 is 0. The first-order valence-electron chi connectivity index (χ1n) is 5.85. The van der Waals surface area contributed by atoms with E-state index < -0.39 is 5.41 Å². The number of anilines is 1. The molecule has 18 heavy (non-hydrogen) atoms. The Kier molecular flexibility index (Phi) is 4.11. The number of carbonyl (C=O) groups excluding carboxylic acids is 2. The summed E-state index contributed by atoms with van der Waals surface area (Å²) in [6.45, 7) is 5.31. The fourth-order valence-electron chi connectivity index (χ4n) is 1.29. The van der Waals surface area contributed by atoms with Crippen molar-refractivity contribution in [3.8, 4) is 0 Å². The highest BCUT2D eigenvalue weighted by Crippen LogP contribution is 2.15. The van der Waals surface area contributed by atoms with Crippen LogP contribution in [0, 0.1) is 5.41 Å². The molecule has 1 N–H and O–H groups in total. The zero-order valence-corrected chi connectivity index (χ0v) is 11.6.